The van der Waals surface area contributed by atoms with Crippen LogP contribution in [0.3, 0.4) is 0 Å². The highest BCUT2D eigenvalue weighted by Crippen LogP contribution is 2.34. The highest BCUT2D eigenvalue weighted by atomic mass is 16.4. The van der Waals surface area contributed by atoms with E-state index in [9.17, 15) is 4.79 Å². The van der Waals surface area contributed by atoms with E-state index >= 15 is 0 Å². The molecule has 0 saturated heterocycles. The van der Waals surface area contributed by atoms with Crippen LogP contribution in [0.5, 0.6) is 0 Å². The largest absolute Gasteiger partial charge is 0.419 e. The van der Waals surface area contributed by atoms with Gasteiger partial charge in [0.25, 0.3) is 0 Å². The first kappa shape index (κ1) is 13.4. The molecule has 1 saturated carbocycles. The SMILES string of the molecule is CCCn1c(=O)oc2cc(C(N)CC3CCC3)ccc21. The Morgan fingerprint density at radius 3 is 2.90 bits per heavy atom. The minimum Gasteiger partial charge on any atom is -0.408 e. The molecule has 1 aromatic heterocycles. The Morgan fingerprint density at radius 2 is 2.25 bits per heavy atom. The number of hydrogen-bond acceptors (Lipinski definition) is 3. The van der Waals surface area contributed by atoms with Crippen molar-refractivity contribution in [3.8, 4) is 0 Å². The summed E-state index contributed by atoms with van der Waals surface area (Å²) in [5.41, 5.74) is 8.87. The normalized spacial score (nSPS) is 17.3. The van der Waals surface area contributed by atoms with Gasteiger partial charge in [-0.25, -0.2) is 4.79 Å². The molecule has 0 bridgehead atoms. The van der Waals surface area contributed by atoms with Crippen LogP contribution in [0.4, 0.5) is 0 Å². The molecule has 1 fully saturated rings. The molecule has 108 valence electrons. The van der Waals surface area contributed by atoms with Gasteiger partial charge in [-0.05, 0) is 36.5 Å². The summed E-state index contributed by atoms with van der Waals surface area (Å²) < 4.78 is 7.03. The van der Waals surface area contributed by atoms with Crippen LogP contribution in [0.1, 0.15) is 50.6 Å². The van der Waals surface area contributed by atoms with E-state index < -0.39 is 0 Å². The molecule has 4 heteroatoms. The first-order chi connectivity index (χ1) is 9.69. The molecule has 0 radical (unpaired) electrons. The molecule has 20 heavy (non-hydrogen) atoms. The number of benzene rings is 1. The highest BCUT2D eigenvalue weighted by molar-refractivity contribution is 5.73. The quantitative estimate of drug-likeness (QED) is 0.910. The Labute approximate surface area is 118 Å². The number of aryl methyl sites for hydroxylation is 1. The summed E-state index contributed by atoms with van der Waals surface area (Å²) >= 11 is 0. The van der Waals surface area contributed by atoms with E-state index in [1.165, 1.54) is 19.3 Å². The van der Waals surface area contributed by atoms with Gasteiger partial charge in [-0.3, -0.25) is 4.57 Å². The predicted octanol–water partition coefficient (Wildman–Crippen LogP) is 3.19. The fraction of sp³-hybridized carbons (Fsp3) is 0.562. The fourth-order valence-electron chi connectivity index (χ4n) is 2.97. The molecule has 3 rings (SSSR count). The van der Waals surface area contributed by atoms with E-state index in [2.05, 4.69) is 0 Å². The number of nitrogens with zero attached hydrogens (tertiary/aromatic N) is 1. The first-order valence-electron chi connectivity index (χ1n) is 7.58. The van der Waals surface area contributed by atoms with Crippen molar-refractivity contribution in [1.29, 1.82) is 0 Å². The minimum absolute atomic E-state index is 0.0459. The number of nitrogens with two attached hydrogens (primary N) is 1. The Kier molecular flexibility index (Phi) is 3.66. The number of hydrogen-bond donors (Lipinski definition) is 1. The van der Waals surface area contributed by atoms with Crippen molar-refractivity contribution in [2.75, 3.05) is 0 Å². The van der Waals surface area contributed by atoms with Gasteiger partial charge in [-0.2, -0.15) is 0 Å². The lowest BCUT2D eigenvalue weighted by molar-refractivity contribution is 0.277. The van der Waals surface area contributed by atoms with Gasteiger partial charge in [0.2, 0.25) is 0 Å². The molecule has 2 aromatic rings. The lowest BCUT2D eigenvalue weighted by Gasteiger charge is -2.28. The van der Waals surface area contributed by atoms with Crippen LogP contribution in [0.25, 0.3) is 11.1 Å². The third-order valence-electron chi connectivity index (χ3n) is 4.38. The van der Waals surface area contributed by atoms with Crippen LogP contribution in [-0.4, -0.2) is 4.57 Å². The standard InChI is InChI=1S/C16H22N2O2/c1-2-8-18-14-7-6-12(10-15(14)20-16(18)19)13(17)9-11-4-3-5-11/h6-7,10-11,13H,2-5,8-9,17H2,1H3. The molecule has 2 N–H and O–H groups in total. The number of aromatic nitrogens is 1. The molecule has 1 heterocycles. The molecule has 1 aromatic carbocycles. The first-order valence-corrected chi connectivity index (χ1v) is 7.58. The van der Waals surface area contributed by atoms with Crippen LogP contribution in [0.2, 0.25) is 0 Å². The second kappa shape index (κ2) is 5.44. The molecule has 1 atom stereocenters. The third kappa shape index (κ3) is 2.40. The molecule has 1 aliphatic carbocycles. The second-order valence-corrected chi connectivity index (χ2v) is 5.89. The van der Waals surface area contributed by atoms with Gasteiger partial charge in [0.1, 0.15) is 0 Å². The molecular weight excluding hydrogens is 252 g/mol. The van der Waals surface area contributed by atoms with Gasteiger partial charge < -0.3 is 10.2 Å². The molecule has 1 unspecified atom stereocenters. The Bertz CT molecular complexity index is 652. The van der Waals surface area contributed by atoms with Crippen LogP contribution in [0.15, 0.2) is 27.4 Å². The molecular formula is C16H22N2O2. The van der Waals surface area contributed by atoms with Gasteiger partial charge in [0.15, 0.2) is 5.58 Å². The number of fused-ring (bicyclic) bond motifs is 1. The highest BCUT2D eigenvalue weighted by Gasteiger charge is 2.21. The van der Waals surface area contributed by atoms with E-state index in [0.717, 1.165) is 29.8 Å². The topological polar surface area (TPSA) is 61.2 Å². The molecule has 4 nitrogen and oxygen atoms in total. The van der Waals surface area contributed by atoms with Crippen molar-refractivity contribution in [3.63, 3.8) is 0 Å². The van der Waals surface area contributed by atoms with Crippen LogP contribution < -0.4 is 11.5 Å². The van der Waals surface area contributed by atoms with E-state index in [0.29, 0.717) is 12.1 Å². The number of oxazole rings is 1. The molecule has 1 aliphatic rings. The maximum Gasteiger partial charge on any atom is 0.419 e. The van der Waals surface area contributed by atoms with Crippen LogP contribution in [0, 0.1) is 5.92 Å². The summed E-state index contributed by atoms with van der Waals surface area (Å²) in [6, 6.07) is 5.98. The number of rotatable bonds is 5. The maximum absolute atomic E-state index is 11.8. The third-order valence-corrected chi connectivity index (χ3v) is 4.38. The van der Waals surface area contributed by atoms with E-state index in [1.807, 2.05) is 25.1 Å². The van der Waals surface area contributed by atoms with E-state index in [-0.39, 0.29) is 11.8 Å². The zero-order chi connectivity index (χ0) is 14.1. The lowest BCUT2D eigenvalue weighted by atomic mass is 9.80. The van der Waals surface area contributed by atoms with Crippen molar-refractivity contribution in [1.82, 2.24) is 4.57 Å². The zero-order valence-corrected chi connectivity index (χ0v) is 12.0. The van der Waals surface area contributed by atoms with Gasteiger partial charge >= 0.3 is 5.76 Å². The van der Waals surface area contributed by atoms with Gasteiger partial charge in [-0.15, -0.1) is 0 Å². The van der Waals surface area contributed by atoms with E-state index in [1.54, 1.807) is 4.57 Å². The van der Waals surface area contributed by atoms with Crippen molar-refractivity contribution < 1.29 is 4.42 Å². The summed E-state index contributed by atoms with van der Waals surface area (Å²) in [5.74, 6) is 0.504. The summed E-state index contributed by atoms with van der Waals surface area (Å²) in [7, 11) is 0. The summed E-state index contributed by atoms with van der Waals surface area (Å²) in [4.78, 5) is 11.8. The Hall–Kier alpha value is -1.55. The average Bonchev–Trinajstić information content (AvgIpc) is 2.70. The fourth-order valence-corrected chi connectivity index (χ4v) is 2.97. The molecule has 0 amide bonds. The van der Waals surface area contributed by atoms with Crippen molar-refractivity contribution in [2.45, 2.75) is 51.6 Å². The maximum atomic E-state index is 11.8. The van der Waals surface area contributed by atoms with Gasteiger partial charge in [0, 0.05) is 12.6 Å². The Balaban J connectivity index is 1.88. The molecule has 0 spiro atoms. The van der Waals surface area contributed by atoms with E-state index in [4.69, 9.17) is 10.2 Å². The van der Waals surface area contributed by atoms with Crippen LogP contribution >= 0.6 is 0 Å². The van der Waals surface area contributed by atoms with Gasteiger partial charge in [0.05, 0.1) is 5.52 Å². The van der Waals surface area contributed by atoms with Crippen molar-refractivity contribution in [3.05, 3.63) is 34.3 Å². The summed E-state index contributed by atoms with van der Waals surface area (Å²) in [6.45, 7) is 2.74. The van der Waals surface area contributed by atoms with Crippen LogP contribution in [-0.2, 0) is 6.54 Å². The van der Waals surface area contributed by atoms with Gasteiger partial charge in [-0.1, -0.05) is 32.3 Å². The smallest absolute Gasteiger partial charge is 0.408 e. The monoisotopic (exact) mass is 274 g/mol. The van der Waals surface area contributed by atoms with Crippen molar-refractivity contribution >= 4 is 11.1 Å². The second-order valence-electron chi connectivity index (χ2n) is 5.89. The molecule has 0 aliphatic heterocycles. The Morgan fingerprint density at radius 1 is 1.45 bits per heavy atom. The zero-order valence-electron chi connectivity index (χ0n) is 12.0. The lowest BCUT2D eigenvalue weighted by Crippen LogP contribution is -2.20. The summed E-state index contributed by atoms with van der Waals surface area (Å²) in [6.07, 6.45) is 5.89. The predicted molar refractivity (Wildman–Crippen MR) is 79.7 cm³/mol. The average molecular weight is 274 g/mol. The minimum atomic E-state index is -0.272. The summed E-state index contributed by atoms with van der Waals surface area (Å²) in [5, 5.41) is 0. The van der Waals surface area contributed by atoms with Crippen molar-refractivity contribution in [2.24, 2.45) is 11.7 Å².